The third kappa shape index (κ3) is 4.03. The van der Waals surface area contributed by atoms with E-state index in [4.69, 9.17) is 0 Å². The first-order valence-electron chi connectivity index (χ1n) is 6.01. The van der Waals surface area contributed by atoms with Crippen LogP contribution in [0.15, 0.2) is 32.0 Å². The van der Waals surface area contributed by atoms with Gasteiger partial charge in [-0.3, -0.25) is 0 Å². The summed E-state index contributed by atoms with van der Waals surface area (Å²) in [7, 11) is -3.50. The van der Waals surface area contributed by atoms with Gasteiger partial charge in [0.2, 0.25) is 10.0 Å². The zero-order valence-corrected chi connectivity index (χ0v) is 15.6. The van der Waals surface area contributed by atoms with E-state index in [9.17, 15) is 8.42 Å². The molecule has 0 aromatic heterocycles. The van der Waals surface area contributed by atoms with Gasteiger partial charge in [0.05, 0.1) is 4.90 Å². The third-order valence-electron chi connectivity index (χ3n) is 3.17. The van der Waals surface area contributed by atoms with Crippen LogP contribution in [-0.4, -0.2) is 19.3 Å². The van der Waals surface area contributed by atoms with Crippen molar-refractivity contribution < 1.29 is 8.42 Å². The molecule has 2 unspecified atom stereocenters. The van der Waals surface area contributed by atoms with Gasteiger partial charge in [-0.15, -0.1) is 0 Å². The number of halogens is 3. The fourth-order valence-corrected chi connectivity index (χ4v) is 5.87. The van der Waals surface area contributed by atoms with Crippen molar-refractivity contribution in [3.8, 4) is 0 Å². The van der Waals surface area contributed by atoms with Crippen LogP contribution in [-0.2, 0) is 10.0 Å². The lowest BCUT2D eigenvalue weighted by atomic mass is 9.96. The molecule has 1 saturated carbocycles. The van der Waals surface area contributed by atoms with E-state index in [-0.39, 0.29) is 15.8 Å². The lowest BCUT2D eigenvalue weighted by Gasteiger charge is -2.28. The van der Waals surface area contributed by atoms with Crippen LogP contribution in [0.25, 0.3) is 0 Å². The fourth-order valence-electron chi connectivity index (χ4n) is 2.16. The van der Waals surface area contributed by atoms with Crippen molar-refractivity contribution in [1.82, 2.24) is 4.72 Å². The molecule has 1 aliphatic rings. The van der Waals surface area contributed by atoms with Crippen molar-refractivity contribution in [2.45, 2.75) is 41.4 Å². The first-order chi connectivity index (χ1) is 8.90. The molecule has 0 aliphatic heterocycles. The molecule has 1 aliphatic carbocycles. The largest absolute Gasteiger partial charge is 0.242 e. The van der Waals surface area contributed by atoms with Crippen molar-refractivity contribution >= 4 is 57.8 Å². The second-order valence-corrected chi connectivity index (χ2v) is 9.23. The van der Waals surface area contributed by atoms with E-state index >= 15 is 0 Å². The number of hydrogen-bond acceptors (Lipinski definition) is 2. The zero-order chi connectivity index (χ0) is 14.0. The average Bonchev–Trinajstić information content (AvgIpc) is 2.35. The summed E-state index contributed by atoms with van der Waals surface area (Å²) in [6.07, 6.45) is 4.09. The smallest absolute Gasteiger partial charge is 0.207 e. The first-order valence-corrected chi connectivity index (χ1v) is 10.00. The van der Waals surface area contributed by atoms with Gasteiger partial charge in [0, 0.05) is 19.8 Å². The lowest BCUT2D eigenvalue weighted by molar-refractivity contribution is 0.427. The number of nitrogens with one attached hydrogen (secondary N) is 1. The quantitative estimate of drug-likeness (QED) is 0.666. The maximum atomic E-state index is 12.4. The minimum Gasteiger partial charge on any atom is -0.207 e. The molecule has 0 heterocycles. The Kier molecular flexibility index (Phi) is 5.50. The van der Waals surface area contributed by atoms with Crippen LogP contribution in [0.5, 0.6) is 0 Å². The number of sulfonamides is 1. The Balaban J connectivity index is 2.24. The van der Waals surface area contributed by atoms with Crippen LogP contribution in [0.4, 0.5) is 0 Å². The van der Waals surface area contributed by atoms with Gasteiger partial charge in [0.1, 0.15) is 0 Å². The summed E-state index contributed by atoms with van der Waals surface area (Å²) in [5.41, 5.74) is 0. The lowest BCUT2D eigenvalue weighted by Crippen LogP contribution is -2.42. The summed E-state index contributed by atoms with van der Waals surface area (Å²) >= 11 is 10.2. The van der Waals surface area contributed by atoms with E-state index < -0.39 is 10.0 Å². The van der Waals surface area contributed by atoms with Crippen LogP contribution in [0.1, 0.15) is 25.7 Å². The normalized spacial score (nSPS) is 24.4. The molecule has 7 heteroatoms. The second kappa shape index (κ2) is 6.56. The molecule has 0 saturated heterocycles. The topological polar surface area (TPSA) is 46.2 Å². The summed E-state index contributed by atoms with van der Waals surface area (Å²) in [5.74, 6) is 0. The number of hydrogen-bond donors (Lipinski definition) is 1. The Morgan fingerprint density at radius 3 is 2.53 bits per heavy atom. The number of alkyl halides is 1. The predicted octanol–water partition coefficient (Wildman–Crippen LogP) is 4.20. The van der Waals surface area contributed by atoms with Crippen molar-refractivity contribution in [3.63, 3.8) is 0 Å². The van der Waals surface area contributed by atoms with Crippen LogP contribution in [0.3, 0.4) is 0 Å². The van der Waals surface area contributed by atoms with Gasteiger partial charge in [0.15, 0.2) is 0 Å². The maximum absolute atomic E-state index is 12.4. The van der Waals surface area contributed by atoms with Gasteiger partial charge in [-0.1, -0.05) is 44.7 Å². The van der Waals surface area contributed by atoms with Gasteiger partial charge in [0.25, 0.3) is 0 Å². The van der Waals surface area contributed by atoms with Crippen molar-refractivity contribution in [2.24, 2.45) is 0 Å². The molecular weight excluding hydrogens is 462 g/mol. The molecule has 0 spiro atoms. The molecule has 1 aromatic rings. The van der Waals surface area contributed by atoms with Gasteiger partial charge in [-0.05, 0) is 47.0 Å². The van der Waals surface area contributed by atoms with E-state index in [1.807, 2.05) is 0 Å². The second-order valence-electron chi connectivity index (χ2n) is 4.60. The Morgan fingerprint density at radius 2 is 1.84 bits per heavy atom. The SMILES string of the molecule is O=S(=O)(NC1CCCCC1Br)c1cc(Br)ccc1Br. The molecule has 2 atom stereocenters. The molecule has 0 amide bonds. The van der Waals surface area contributed by atoms with Crippen molar-refractivity contribution in [1.29, 1.82) is 0 Å². The van der Waals surface area contributed by atoms with Crippen molar-refractivity contribution in [3.05, 3.63) is 27.1 Å². The van der Waals surface area contributed by atoms with Gasteiger partial charge >= 0.3 is 0 Å². The molecule has 106 valence electrons. The maximum Gasteiger partial charge on any atom is 0.242 e. The van der Waals surface area contributed by atoms with Crippen LogP contribution in [0, 0.1) is 0 Å². The van der Waals surface area contributed by atoms with Crippen molar-refractivity contribution in [2.75, 3.05) is 0 Å². The highest BCUT2D eigenvalue weighted by molar-refractivity contribution is 9.11. The van der Waals surface area contributed by atoms with E-state index in [1.165, 1.54) is 0 Å². The Bertz CT molecular complexity index is 562. The minimum atomic E-state index is -3.50. The van der Waals surface area contributed by atoms with Gasteiger partial charge in [-0.2, -0.15) is 0 Å². The molecule has 2 rings (SSSR count). The number of rotatable bonds is 3. The Hall–Kier alpha value is 0.570. The van der Waals surface area contributed by atoms with E-state index in [0.29, 0.717) is 4.47 Å². The molecular formula is C12H14Br3NO2S. The fraction of sp³-hybridized carbons (Fsp3) is 0.500. The predicted molar refractivity (Wildman–Crippen MR) is 87.1 cm³/mol. The van der Waals surface area contributed by atoms with Crippen LogP contribution in [0.2, 0.25) is 0 Å². The molecule has 1 aromatic carbocycles. The highest BCUT2D eigenvalue weighted by Gasteiger charge is 2.28. The highest BCUT2D eigenvalue weighted by atomic mass is 79.9. The molecule has 0 radical (unpaired) electrons. The standard InChI is InChI=1S/C12H14Br3NO2S/c13-8-5-6-10(15)12(7-8)19(17,18)16-11-4-2-1-3-9(11)14/h5-7,9,11,16H,1-4H2. The Morgan fingerprint density at radius 1 is 1.16 bits per heavy atom. The van der Waals surface area contributed by atoms with E-state index in [2.05, 4.69) is 52.5 Å². The third-order valence-corrected chi connectivity index (χ3v) is 7.24. The minimum absolute atomic E-state index is 0.0374. The first kappa shape index (κ1) is 15.9. The molecule has 19 heavy (non-hydrogen) atoms. The average molecular weight is 476 g/mol. The monoisotopic (exact) mass is 473 g/mol. The van der Waals surface area contributed by atoms with Crippen LogP contribution >= 0.6 is 47.8 Å². The summed E-state index contributed by atoms with van der Waals surface area (Å²) in [6.45, 7) is 0. The molecule has 1 N–H and O–H groups in total. The summed E-state index contributed by atoms with van der Waals surface area (Å²) < 4.78 is 29.0. The summed E-state index contributed by atoms with van der Waals surface area (Å²) in [5, 5.41) is 0. The van der Waals surface area contributed by atoms with Gasteiger partial charge in [-0.25, -0.2) is 13.1 Å². The van der Waals surface area contributed by atoms with E-state index in [1.54, 1.807) is 18.2 Å². The van der Waals surface area contributed by atoms with Crippen LogP contribution < -0.4 is 4.72 Å². The molecule has 0 bridgehead atoms. The zero-order valence-electron chi connectivity index (χ0n) is 10.1. The molecule has 3 nitrogen and oxygen atoms in total. The van der Waals surface area contributed by atoms with Gasteiger partial charge < -0.3 is 0 Å². The Labute approximate surface area is 139 Å². The number of benzene rings is 1. The highest BCUT2D eigenvalue weighted by Crippen LogP contribution is 2.29. The summed E-state index contributed by atoms with van der Waals surface area (Å²) in [6, 6.07) is 5.10. The molecule has 1 fully saturated rings. The van der Waals surface area contributed by atoms with E-state index in [0.717, 1.165) is 30.2 Å². The summed E-state index contributed by atoms with van der Waals surface area (Å²) in [4.78, 5) is 0.481.